The highest BCUT2D eigenvalue weighted by Crippen LogP contribution is 2.16. The second kappa shape index (κ2) is 8.17. The Morgan fingerprint density at radius 3 is 2.42 bits per heavy atom. The van der Waals surface area contributed by atoms with Gasteiger partial charge in [0.25, 0.3) is 0 Å². The Kier molecular flexibility index (Phi) is 6.87. The third-order valence-electron chi connectivity index (χ3n) is 2.97. The van der Waals surface area contributed by atoms with Gasteiger partial charge in [-0.1, -0.05) is 25.1 Å². The Balaban J connectivity index is 2.39. The smallest absolute Gasteiger partial charge is 0.234 e. The van der Waals surface area contributed by atoms with Crippen LogP contribution in [0, 0.1) is 0 Å². The molecule has 0 amide bonds. The van der Waals surface area contributed by atoms with Crippen LogP contribution in [-0.4, -0.2) is 34.3 Å². The van der Waals surface area contributed by atoms with Crippen molar-refractivity contribution in [3.8, 4) is 0 Å². The van der Waals surface area contributed by atoms with Gasteiger partial charge < -0.3 is 5.32 Å². The summed E-state index contributed by atoms with van der Waals surface area (Å²) in [4.78, 5) is 0. The molecule has 1 aromatic carbocycles. The van der Waals surface area contributed by atoms with E-state index in [2.05, 4.69) is 12.2 Å². The predicted octanol–water partition coefficient (Wildman–Crippen LogP) is 2.23. The molecule has 0 aliphatic heterocycles. The second-order valence-corrected chi connectivity index (χ2v) is 6.70. The number of benzene rings is 1. The summed E-state index contributed by atoms with van der Waals surface area (Å²) < 4.78 is 25.6. The van der Waals surface area contributed by atoms with Crippen molar-refractivity contribution in [1.29, 1.82) is 0 Å². The predicted molar refractivity (Wildman–Crippen MR) is 81.0 cm³/mol. The largest absolute Gasteiger partial charge is 0.317 e. The molecule has 5 heteroatoms. The van der Waals surface area contributed by atoms with Gasteiger partial charge in [-0.25, -0.2) is 8.42 Å². The van der Waals surface area contributed by atoms with Crippen molar-refractivity contribution in [1.82, 2.24) is 5.32 Å². The van der Waals surface area contributed by atoms with Crippen molar-refractivity contribution in [3.63, 3.8) is 0 Å². The summed E-state index contributed by atoms with van der Waals surface area (Å²) in [5.41, 5.74) is 0.714. The van der Waals surface area contributed by atoms with Gasteiger partial charge in [0, 0.05) is 7.05 Å². The molecule has 1 aromatic rings. The van der Waals surface area contributed by atoms with E-state index in [0.717, 1.165) is 25.9 Å². The third-order valence-corrected chi connectivity index (χ3v) is 4.82. The number of nitrogens with zero attached hydrogens (tertiary/aromatic N) is 1. The maximum absolute atomic E-state index is 12.1. The summed E-state index contributed by atoms with van der Waals surface area (Å²) in [6, 6.07) is 9.18. The van der Waals surface area contributed by atoms with E-state index in [1.54, 1.807) is 19.2 Å². The van der Waals surface area contributed by atoms with Gasteiger partial charge in [0.05, 0.1) is 11.4 Å². The molecule has 0 bridgehead atoms. The maximum atomic E-state index is 12.1. The number of sulfonamides is 1. The Bertz CT molecular complexity index is 446. The zero-order valence-corrected chi connectivity index (χ0v) is 12.6. The summed E-state index contributed by atoms with van der Waals surface area (Å²) in [5.74, 6) is 0.201. The van der Waals surface area contributed by atoms with Gasteiger partial charge in [-0.2, -0.15) is 0 Å². The van der Waals surface area contributed by atoms with E-state index in [1.165, 1.54) is 4.31 Å². The number of nitrogens with one attached hydrogen (secondary N) is 1. The monoisotopic (exact) mass is 284 g/mol. The zero-order valence-electron chi connectivity index (χ0n) is 11.8. The van der Waals surface area contributed by atoms with Gasteiger partial charge in [0.15, 0.2) is 0 Å². The first-order chi connectivity index (χ1) is 9.08. The number of rotatable bonds is 9. The summed E-state index contributed by atoms with van der Waals surface area (Å²) >= 11 is 0. The quantitative estimate of drug-likeness (QED) is 0.707. The molecule has 0 radical (unpaired) electrons. The summed E-state index contributed by atoms with van der Waals surface area (Å²) in [6.45, 7) is 4.00. The van der Waals surface area contributed by atoms with Crippen LogP contribution in [0.15, 0.2) is 30.3 Å². The van der Waals surface area contributed by atoms with Gasteiger partial charge >= 0.3 is 0 Å². The number of unbranched alkanes of at least 4 members (excludes halogenated alkanes) is 1. The minimum atomic E-state index is -3.20. The van der Waals surface area contributed by atoms with E-state index in [9.17, 15) is 8.42 Å². The van der Waals surface area contributed by atoms with Crippen LogP contribution in [0.1, 0.15) is 26.2 Å². The molecule has 0 spiro atoms. The minimum Gasteiger partial charge on any atom is -0.317 e. The van der Waals surface area contributed by atoms with Crippen LogP contribution in [0.3, 0.4) is 0 Å². The third kappa shape index (κ3) is 5.61. The molecule has 1 N–H and O–H groups in total. The highest BCUT2D eigenvalue weighted by atomic mass is 32.2. The number of hydrogen-bond acceptors (Lipinski definition) is 3. The molecular weight excluding hydrogens is 260 g/mol. The molecule has 4 nitrogen and oxygen atoms in total. The average molecular weight is 284 g/mol. The Hall–Kier alpha value is -1.07. The molecule has 0 aromatic heterocycles. The molecule has 0 saturated carbocycles. The summed E-state index contributed by atoms with van der Waals surface area (Å²) in [5, 5.41) is 3.27. The minimum absolute atomic E-state index is 0.201. The molecule has 1 rings (SSSR count). The Morgan fingerprint density at radius 2 is 1.79 bits per heavy atom. The lowest BCUT2D eigenvalue weighted by molar-refractivity contribution is 0.584. The number of para-hydroxylation sites is 1. The Morgan fingerprint density at radius 1 is 1.11 bits per heavy atom. The van der Waals surface area contributed by atoms with Gasteiger partial charge in [0.2, 0.25) is 10.0 Å². The van der Waals surface area contributed by atoms with Crippen molar-refractivity contribution in [2.75, 3.05) is 30.2 Å². The molecular formula is C14H24N2O2S. The van der Waals surface area contributed by atoms with E-state index in [4.69, 9.17) is 0 Å². The molecule has 108 valence electrons. The number of anilines is 1. The van der Waals surface area contributed by atoms with E-state index in [0.29, 0.717) is 12.1 Å². The Labute approximate surface area is 116 Å². The first-order valence-electron chi connectivity index (χ1n) is 6.80. The van der Waals surface area contributed by atoms with Crippen molar-refractivity contribution in [2.45, 2.75) is 26.2 Å². The van der Waals surface area contributed by atoms with Crippen LogP contribution in [-0.2, 0) is 10.0 Å². The molecule has 0 fully saturated rings. The van der Waals surface area contributed by atoms with Crippen LogP contribution in [0.5, 0.6) is 0 Å². The van der Waals surface area contributed by atoms with Crippen molar-refractivity contribution in [3.05, 3.63) is 30.3 Å². The fraction of sp³-hybridized carbons (Fsp3) is 0.571. The molecule has 0 aliphatic carbocycles. The van der Waals surface area contributed by atoms with E-state index < -0.39 is 10.0 Å². The summed E-state index contributed by atoms with van der Waals surface area (Å²) in [6.07, 6.45) is 2.69. The van der Waals surface area contributed by atoms with E-state index >= 15 is 0 Å². The lowest BCUT2D eigenvalue weighted by Crippen LogP contribution is -2.29. The standard InChI is InChI=1S/C14H24N2O2S/c1-3-11-15-12-7-8-13-19(17,18)16(2)14-9-5-4-6-10-14/h4-6,9-10,15H,3,7-8,11-13H2,1-2H3. The highest BCUT2D eigenvalue weighted by Gasteiger charge is 2.17. The van der Waals surface area contributed by atoms with Gasteiger partial charge in [-0.15, -0.1) is 0 Å². The second-order valence-electron chi connectivity index (χ2n) is 4.58. The summed E-state index contributed by atoms with van der Waals surface area (Å²) in [7, 11) is -1.59. The molecule has 19 heavy (non-hydrogen) atoms. The van der Waals surface area contributed by atoms with Gasteiger partial charge in [0.1, 0.15) is 0 Å². The lowest BCUT2D eigenvalue weighted by Gasteiger charge is -2.19. The lowest BCUT2D eigenvalue weighted by atomic mass is 10.3. The zero-order chi connectivity index (χ0) is 14.1. The molecule has 0 saturated heterocycles. The average Bonchev–Trinajstić information content (AvgIpc) is 2.43. The van der Waals surface area contributed by atoms with Crippen molar-refractivity contribution < 1.29 is 8.42 Å². The molecule has 0 unspecified atom stereocenters. The number of hydrogen-bond donors (Lipinski definition) is 1. The molecule has 0 aliphatic rings. The SMILES string of the molecule is CCCNCCCCS(=O)(=O)N(C)c1ccccc1. The highest BCUT2D eigenvalue weighted by molar-refractivity contribution is 7.92. The van der Waals surface area contributed by atoms with Crippen molar-refractivity contribution in [2.24, 2.45) is 0 Å². The van der Waals surface area contributed by atoms with E-state index in [1.807, 2.05) is 18.2 Å². The van der Waals surface area contributed by atoms with Gasteiger partial charge in [-0.05, 0) is 44.5 Å². The maximum Gasteiger partial charge on any atom is 0.234 e. The normalized spacial score (nSPS) is 11.5. The van der Waals surface area contributed by atoms with Crippen LogP contribution in [0.2, 0.25) is 0 Å². The van der Waals surface area contributed by atoms with Crippen LogP contribution in [0.25, 0.3) is 0 Å². The van der Waals surface area contributed by atoms with Gasteiger partial charge in [-0.3, -0.25) is 4.31 Å². The topological polar surface area (TPSA) is 49.4 Å². The first kappa shape index (κ1) is 16.0. The fourth-order valence-electron chi connectivity index (χ4n) is 1.77. The first-order valence-corrected chi connectivity index (χ1v) is 8.41. The van der Waals surface area contributed by atoms with Crippen LogP contribution < -0.4 is 9.62 Å². The van der Waals surface area contributed by atoms with Crippen LogP contribution >= 0.6 is 0 Å². The molecule has 0 heterocycles. The molecule has 0 atom stereocenters. The van der Waals surface area contributed by atoms with Crippen LogP contribution in [0.4, 0.5) is 5.69 Å². The van der Waals surface area contributed by atoms with Crippen molar-refractivity contribution >= 4 is 15.7 Å². The van der Waals surface area contributed by atoms with E-state index in [-0.39, 0.29) is 5.75 Å². The fourth-order valence-corrected chi connectivity index (χ4v) is 3.06.